The molecule has 1 saturated carbocycles. The number of carbonyl (C=O) groups excluding carboxylic acids is 3. The van der Waals surface area contributed by atoms with Crippen LogP contribution in [0.3, 0.4) is 0 Å². The van der Waals surface area contributed by atoms with E-state index in [2.05, 4.69) is 5.32 Å². The Morgan fingerprint density at radius 2 is 1.80 bits per heavy atom. The number of carbonyl (C=O) groups is 3. The minimum atomic E-state index is -5.06. The minimum absolute atomic E-state index is 0.0131. The molecule has 2 saturated heterocycles. The number of nitrogens with zero attached hydrogens (tertiary/aromatic N) is 3. The van der Waals surface area contributed by atoms with E-state index in [1.165, 1.54) is 37.1 Å². The summed E-state index contributed by atoms with van der Waals surface area (Å²) in [6, 6.07) is 6.49. The molecule has 17 heteroatoms. The third kappa shape index (κ3) is 7.47. The number of cyclic esters (lactones) is 1. The summed E-state index contributed by atoms with van der Waals surface area (Å²) in [6.45, 7) is 2.47. The van der Waals surface area contributed by atoms with Crippen LogP contribution in [0.4, 0.5) is 25.0 Å². The molecule has 0 unspecified atom stereocenters. The van der Waals surface area contributed by atoms with E-state index in [9.17, 15) is 33.5 Å². The van der Waals surface area contributed by atoms with Crippen LogP contribution in [-0.2, 0) is 18.6 Å². The van der Waals surface area contributed by atoms with Crippen LogP contribution in [0.5, 0.6) is 5.75 Å². The van der Waals surface area contributed by atoms with Gasteiger partial charge in [0.25, 0.3) is 0 Å². The quantitative estimate of drug-likeness (QED) is 0.195. The Labute approximate surface area is 278 Å². The summed E-state index contributed by atoms with van der Waals surface area (Å²) >= 11 is 0. The second kappa shape index (κ2) is 13.2. The maximum atomic E-state index is 15.6. The van der Waals surface area contributed by atoms with Gasteiger partial charge in [-0.15, -0.1) is 0 Å². The Morgan fingerprint density at radius 3 is 2.41 bits per heavy atom. The van der Waals surface area contributed by atoms with Crippen molar-refractivity contribution in [3.05, 3.63) is 63.9 Å². The number of halogens is 2. The first kappa shape index (κ1) is 34.5. The number of Topliss-reactive ketones (excluding diaryl/α,β-unsaturated/α-hetero) is 1. The van der Waals surface area contributed by atoms with E-state index < -0.39 is 55.1 Å². The first-order chi connectivity index (χ1) is 23.1. The number of pyridine rings is 1. The van der Waals surface area contributed by atoms with Crippen molar-refractivity contribution in [3.8, 4) is 5.75 Å². The predicted molar refractivity (Wildman–Crippen MR) is 172 cm³/mol. The summed E-state index contributed by atoms with van der Waals surface area (Å²) in [7, 11) is -5.06. The van der Waals surface area contributed by atoms with Gasteiger partial charge in [0.15, 0.2) is 22.8 Å². The van der Waals surface area contributed by atoms with Crippen LogP contribution in [0.2, 0.25) is 0 Å². The summed E-state index contributed by atoms with van der Waals surface area (Å²) in [4.78, 5) is 71.0. The fourth-order valence-electron chi connectivity index (χ4n) is 6.26. The van der Waals surface area contributed by atoms with Gasteiger partial charge >= 0.3 is 13.9 Å². The molecule has 0 spiro atoms. The molecule has 0 bridgehead atoms. The highest BCUT2D eigenvalue weighted by Crippen LogP contribution is 2.46. The highest BCUT2D eigenvalue weighted by molar-refractivity contribution is 7.46. The number of ether oxygens (including phenoxy) is 2. The van der Waals surface area contributed by atoms with Crippen molar-refractivity contribution in [2.24, 2.45) is 0 Å². The van der Waals surface area contributed by atoms with Crippen molar-refractivity contribution < 1.29 is 51.5 Å². The van der Waals surface area contributed by atoms with Crippen LogP contribution >= 0.6 is 7.82 Å². The molecule has 6 rings (SSSR count). The van der Waals surface area contributed by atoms with E-state index in [1.807, 2.05) is 4.57 Å². The zero-order valence-corrected chi connectivity index (χ0v) is 27.6. The molecule has 2 amide bonds. The first-order valence-electron chi connectivity index (χ1n) is 15.7. The van der Waals surface area contributed by atoms with Gasteiger partial charge in [-0.1, -0.05) is 0 Å². The Kier molecular flexibility index (Phi) is 9.26. The molecule has 1 aromatic heterocycles. The minimum Gasteiger partial charge on any atom is -0.487 e. The molecule has 3 aliphatic rings. The molecule has 3 heterocycles. The number of ketones is 1. The van der Waals surface area contributed by atoms with E-state index in [-0.39, 0.29) is 79.0 Å². The number of hydrogen-bond acceptors (Lipinski definition) is 9. The molecule has 14 nitrogen and oxygen atoms in total. The van der Waals surface area contributed by atoms with Crippen LogP contribution in [-0.4, -0.2) is 76.6 Å². The van der Waals surface area contributed by atoms with Gasteiger partial charge in [0.1, 0.15) is 24.1 Å². The van der Waals surface area contributed by atoms with Crippen LogP contribution in [0, 0.1) is 11.6 Å². The molecule has 49 heavy (non-hydrogen) atoms. The number of anilines is 2. The lowest BCUT2D eigenvalue weighted by Crippen LogP contribution is -2.49. The Hall–Kier alpha value is -4.37. The van der Waals surface area contributed by atoms with Crippen LogP contribution in [0.25, 0.3) is 10.9 Å². The Morgan fingerprint density at radius 1 is 1.08 bits per heavy atom. The lowest BCUT2D eigenvalue weighted by atomic mass is 9.92. The molecule has 3 N–H and O–H groups in total. The van der Waals surface area contributed by atoms with Crippen molar-refractivity contribution in [2.75, 3.05) is 42.6 Å². The zero-order chi connectivity index (χ0) is 35.2. The summed E-state index contributed by atoms with van der Waals surface area (Å²) < 4.78 is 60.7. The number of fused-ring (bicyclic) bond motifs is 1. The zero-order valence-electron chi connectivity index (χ0n) is 26.7. The molecule has 1 atom stereocenters. The van der Waals surface area contributed by atoms with E-state index >= 15 is 8.78 Å². The van der Waals surface area contributed by atoms with Crippen LogP contribution in [0.1, 0.15) is 55.9 Å². The lowest BCUT2D eigenvalue weighted by molar-refractivity contribution is -0.119. The summed E-state index contributed by atoms with van der Waals surface area (Å²) in [5.41, 5.74) is -1.32. The molecule has 0 radical (unpaired) electrons. The third-order valence-electron chi connectivity index (χ3n) is 8.92. The Bertz CT molecular complexity index is 1940. The summed E-state index contributed by atoms with van der Waals surface area (Å²) in [6.07, 6.45) is 1.80. The smallest absolute Gasteiger partial charge is 0.470 e. The standard InChI is InChI=1S/C32H35F2N4O10P/c1-18(39)24-16-37(20-3-4-20)27-13-28(25(33)12-23(27)30(24)41)36-9-7-32(8-10-36,48-49(43,44)45)17-46-29-6-5-21(11-26(29)34)38-15-22(47-31(38)42)14-35-19(2)40/h5-6,11-13,16,20,22H,3-4,7-10,14-15,17H2,1-2H3,(H,35,40)(H2,43,44,45)/t22-/m0/s1. The number of piperidine rings is 1. The molecular weight excluding hydrogens is 669 g/mol. The second-order valence-electron chi connectivity index (χ2n) is 12.6. The lowest BCUT2D eigenvalue weighted by Gasteiger charge is -2.42. The second-order valence-corrected chi connectivity index (χ2v) is 13.8. The van der Waals surface area contributed by atoms with E-state index in [0.29, 0.717) is 5.52 Å². The van der Waals surface area contributed by atoms with Gasteiger partial charge in [0.05, 0.1) is 35.5 Å². The van der Waals surface area contributed by atoms with E-state index in [0.717, 1.165) is 25.0 Å². The Balaban J connectivity index is 1.18. The van der Waals surface area contributed by atoms with Gasteiger partial charge in [-0.05, 0) is 56.9 Å². The highest BCUT2D eigenvalue weighted by atomic mass is 31.2. The van der Waals surface area contributed by atoms with Crippen molar-refractivity contribution in [2.45, 2.75) is 57.3 Å². The number of rotatable bonds is 11. The van der Waals surface area contributed by atoms with Crippen molar-refractivity contribution >= 4 is 47.9 Å². The summed E-state index contributed by atoms with van der Waals surface area (Å²) in [5.74, 6) is -2.51. The largest absolute Gasteiger partial charge is 0.487 e. The fourth-order valence-corrected chi connectivity index (χ4v) is 7.00. The number of amides is 2. The molecule has 262 valence electrons. The fraction of sp³-hybridized carbons (Fsp3) is 0.438. The maximum absolute atomic E-state index is 15.6. The normalized spacial score (nSPS) is 19.2. The number of phosphoric acid groups is 1. The number of benzene rings is 2. The van der Waals surface area contributed by atoms with Crippen LogP contribution in [0.15, 0.2) is 41.3 Å². The third-order valence-corrected chi connectivity index (χ3v) is 9.54. The molecule has 3 fully saturated rings. The van der Waals surface area contributed by atoms with Gasteiger partial charge in [0, 0.05) is 43.7 Å². The molecule has 3 aromatic rings. The highest BCUT2D eigenvalue weighted by Gasteiger charge is 2.43. The monoisotopic (exact) mass is 704 g/mol. The van der Waals surface area contributed by atoms with Crippen LogP contribution < -0.4 is 25.3 Å². The topological polar surface area (TPSA) is 177 Å². The van der Waals surface area contributed by atoms with E-state index in [1.54, 1.807) is 11.0 Å². The van der Waals surface area contributed by atoms with Gasteiger partial charge in [-0.2, -0.15) is 0 Å². The van der Waals surface area contributed by atoms with Gasteiger partial charge in [-0.25, -0.2) is 18.1 Å². The van der Waals surface area contributed by atoms with Gasteiger partial charge < -0.3 is 34.0 Å². The average molecular weight is 705 g/mol. The predicted octanol–water partition coefficient (Wildman–Crippen LogP) is 3.81. The number of phosphoric ester groups is 1. The first-order valence-corrected chi connectivity index (χ1v) is 17.2. The number of hydrogen-bond donors (Lipinski definition) is 3. The van der Waals surface area contributed by atoms with Crippen molar-refractivity contribution in [1.29, 1.82) is 0 Å². The molecule has 1 aliphatic carbocycles. The number of nitrogens with one attached hydrogen (secondary N) is 1. The molecule has 2 aromatic carbocycles. The van der Waals surface area contributed by atoms with Gasteiger partial charge in [-0.3, -0.25) is 23.8 Å². The maximum Gasteiger partial charge on any atom is 0.470 e. The average Bonchev–Trinajstić information content (AvgIpc) is 3.80. The molecule has 2 aliphatic heterocycles. The van der Waals surface area contributed by atoms with Crippen molar-refractivity contribution in [3.63, 3.8) is 0 Å². The number of aromatic nitrogens is 1. The van der Waals surface area contributed by atoms with E-state index in [4.69, 9.17) is 14.0 Å². The molecular formula is C32H35F2N4O10P. The van der Waals surface area contributed by atoms with Gasteiger partial charge in [0.2, 0.25) is 5.91 Å². The van der Waals surface area contributed by atoms with Crippen molar-refractivity contribution in [1.82, 2.24) is 9.88 Å². The summed E-state index contributed by atoms with van der Waals surface area (Å²) in [5, 5.41) is 2.64. The SMILES string of the molecule is CC(=O)NC[C@H]1CN(c2ccc(OCC3(OP(=O)(O)O)CCN(c4cc5c(cc4F)c(=O)c(C(C)=O)cn5C4CC4)CC3)c(F)c2)C(=O)O1.